The first-order valence-corrected chi connectivity index (χ1v) is 8.91. The molecule has 5 N–H and O–H groups in total. The second-order valence-electron chi connectivity index (χ2n) is 6.59. The number of fused-ring (bicyclic) bond motifs is 1. The van der Waals surface area contributed by atoms with E-state index in [-0.39, 0.29) is 11.9 Å². The Kier molecular flexibility index (Phi) is 4.65. The van der Waals surface area contributed by atoms with Crippen LogP contribution in [-0.4, -0.2) is 5.91 Å². The molecule has 1 aliphatic rings. The van der Waals surface area contributed by atoms with Crippen LogP contribution in [0.3, 0.4) is 0 Å². The van der Waals surface area contributed by atoms with Crippen LogP contribution in [0.25, 0.3) is 0 Å². The van der Waals surface area contributed by atoms with Gasteiger partial charge in [-0.25, -0.2) is 0 Å². The van der Waals surface area contributed by atoms with Gasteiger partial charge in [0.2, 0.25) is 5.91 Å². The monoisotopic (exact) mass is 387 g/mol. The van der Waals surface area contributed by atoms with Crippen LogP contribution in [0.4, 0.5) is 5.69 Å². The van der Waals surface area contributed by atoms with Gasteiger partial charge in [-0.15, -0.1) is 0 Å². The lowest BCUT2D eigenvalue weighted by Crippen LogP contribution is -2.50. The molecular formula is C19H22BrN3O. The van der Waals surface area contributed by atoms with Crippen LogP contribution in [0.15, 0.2) is 46.9 Å². The average Bonchev–Trinajstić information content (AvgIpc) is 2.55. The van der Waals surface area contributed by atoms with Crippen molar-refractivity contribution in [2.75, 3.05) is 5.73 Å². The largest absolute Gasteiger partial charge is 0.399 e. The Morgan fingerprint density at radius 3 is 2.67 bits per heavy atom. The van der Waals surface area contributed by atoms with Gasteiger partial charge >= 0.3 is 0 Å². The number of hydrogen-bond acceptors (Lipinski definition) is 3. The van der Waals surface area contributed by atoms with Gasteiger partial charge in [-0.1, -0.05) is 34.1 Å². The predicted molar refractivity (Wildman–Crippen MR) is 100 cm³/mol. The first-order chi connectivity index (χ1) is 11.4. The normalized spacial score (nSPS) is 19.2. The standard InChI is InChI=1S/C19H22BrN3O/c1-19(22,13-5-7-14(20)8-6-13)18(24)23-17-4-2-3-12-11-15(21)9-10-16(12)17/h5-11,17H,2-4,21-22H2,1H3,(H,23,24). The summed E-state index contributed by atoms with van der Waals surface area (Å²) in [5.74, 6) is -0.167. The molecule has 4 nitrogen and oxygen atoms in total. The molecule has 0 heterocycles. The molecular weight excluding hydrogens is 366 g/mol. The van der Waals surface area contributed by atoms with Gasteiger partial charge in [0, 0.05) is 10.2 Å². The Morgan fingerprint density at radius 2 is 1.96 bits per heavy atom. The highest BCUT2D eigenvalue weighted by molar-refractivity contribution is 9.10. The molecule has 1 amide bonds. The molecule has 0 saturated carbocycles. The highest BCUT2D eigenvalue weighted by Gasteiger charge is 2.33. The van der Waals surface area contributed by atoms with Gasteiger partial charge in [-0.3, -0.25) is 4.79 Å². The van der Waals surface area contributed by atoms with Gasteiger partial charge in [0.15, 0.2) is 0 Å². The summed E-state index contributed by atoms with van der Waals surface area (Å²) in [7, 11) is 0. The van der Waals surface area contributed by atoms with E-state index < -0.39 is 5.54 Å². The van der Waals surface area contributed by atoms with Crippen molar-refractivity contribution < 1.29 is 4.79 Å². The molecule has 24 heavy (non-hydrogen) atoms. The third-order valence-corrected chi connectivity index (χ3v) is 5.23. The van der Waals surface area contributed by atoms with E-state index >= 15 is 0 Å². The van der Waals surface area contributed by atoms with Crippen LogP contribution in [0.2, 0.25) is 0 Å². The van der Waals surface area contributed by atoms with Crippen LogP contribution in [0, 0.1) is 0 Å². The van der Waals surface area contributed by atoms with Crippen molar-refractivity contribution in [2.24, 2.45) is 5.73 Å². The molecule has 2 unspecified atom stereocenters. The van der Waals surface area contributed by atoms with Crippen LogP contribution in [0.5, 0.6) is 0 Å². The van der Waals surface area contributed by atoms with E-state index in [1.54, 1.807) is 6.92 Å². The van der Waals surface area contributed by atoms with Crippen molar-refractivity contribution in [3.05, 3.63) is 63.6 Å². The summed E-state index contributed by atoms with van der Waals surface area (Å²) in [4.78, 5) is 12.8. The topological polar surface area (TPSA) is 81.1 Å². The third kappa shape index (κ3) is 3.32. The molecule has 0 aliphatic heterocycles. The molecule has 2 aromatic rings. The van der Waals surface area contributed by atoms with E-state index in [2.05, 4.69) is 21.2 Å². The molecule has 0 fully saturated rings. The Hall–Kier alpha value is -1.85. The molecule has 126 valence electrons. The number of nitrogens with one attached hydrogen (secondary N) is 1. The lowest BCUT2D eigenvalue weighted by molar-refractivity contribution is -0.127. The van der Waals surface area contributed by atoms with Gasteiger partial charge < -0.3 is 16.8 Å². The number of hydrogen-bond donors (Lipinski definition) is 3. The van der Waals surface area contributed by atoms with E-state index in [1.807, 2.05) is 42.5 Å². The summed E-state index contributed by atoms with van der Waals surface area (Å²) in [6.07, 6.45) is 2.94. The maximum Gasteiger partial charge on any atom is 0.244 e. The van der Waals surface area contributed by atoms with Gasteiger partial charge in [-0.2, -0.15) is 0 Å². The number of carbonyl (C=O) groups excluding carboxylic acids is 1. The number of benzene rings is 2. The summed E-state index contributed by atoms with van der Waals surface area (Å²) in [6, 6.07) is 13.4. The summed E-state index contributed by atoms with van der Waals surface area (Å²) in [5.41, 5.74) is 15.1. The number of amides is 1. The molecule has 0 spiro atoms. The minimum atomic E-state index is -1.08. The van der Waals surface area contributed by atoms with Crippen molar-refractivity contribution in [1.82, 2.24) is 5.32 Å². The fourth-order valence-electron chi connectivity index (χ4n) is 3.22. The molecule has 1 aliphatic carbocycles. The Balaban J connectivity index is 1.81. The molecule has 0 radical (unpaired) electrons. The van der Waals surface area contributed by atoms with Gasteiger partial charge in [0.05, 0.1) is 6.04 Å². The zero-order valence-corrected chi connectivity index (χ0v) is 15.3. The molecule has 0 aromatic heterocycles. The van der Waals surface area contributed by atoms with Crippen LogP contribution in [-0.2, 0) is 16.8 Å². The van der Waals surface area contributed by atoms with Crippen molar-refractivity contribution >= 4 is 27.5 Å². The fourth-order valence-corrected chi connectivity index (χ4v) is 3.48. The lowest BCUT2D eigenvalue weighted by atomic mass is 9.86. The van der Waals surface area contributed by atoms with E-state index in [1.165, 1.54) is 5.56 Å². The summed E-state index contributed by atoms with van der Waals surface area (Å²) < 4.78 is 0.959. The first-order valence-electron chi connectivity index (χ1n) is 8.12. The highest BCUT2D eigenvalue weighted by atomic mass is 79.9. The summed E-state index contributed by atoms with van der Waals surface area (Å²) in [6.45, 7) is 1.75. The van der Waals surface area contributed by atoms with Gasteiger partial charge in [0.1, 0.15) is 5.54 Å². The van der Waals surface area contributed by atoms with Gasteiger partial charge in [0.25, 0.3) is 0 Å². The smallest absolute Gasteiger partial charge is 0.244 e. The van der Waals surface area contributed by atoms with E-state index in [9.17, 15) is 4.79 Å². The number of aryl methyl sites for hydroxylation is 1. The van der Waals surface area contributed by atoms with Gasteiger partial charge in [-0.05, 0) is 67.1 Å². The second-order valence-corrected chi connectivity index (χ2v) is 7.50. The number of nitrogen functional groups attached to an aromatic ring is 1. The maximum atomic E-state index is 12.8. The van der Waals surface area contributed by atoms with E-state index in [0.717, 1.165) is 40.5 Å². The Morgan fingerprint density at radius 1 is 1.25 bits per heavy atom. The van der Waals surface area contributed by atoms with E-state index in [4.69, 9.17) is 11.5 Å². The van der Waals surface area contributed by atoms with E-state index in [0.29, 0.717) is 0 Å². The molecule has 2 aromatic carbocycles. The summed E-state index contributed by atoms with van der Waals surface area (Å²) >= 11 is 3.40. The summed E-state index contributed by atoms with van der Waals surface area (Å²) in [5, 5.41) is 3.13. The first kappa shape index (κ1) is 17.0. The number of rotatable bonds is 3. The maximum absolute atomic E-state index is 12.8. The number of carbonyl (C=O) groups is 1. The number of nitrogens with two attached hydrogens (primary N) is 2. The minimum Gasteiger partial charge on any atom is -0.399 e. The SMILES string of the molecule is CC(N)(C(=O)NC1CCCc2cc(N)ccc21)c1ccc(Br)cc1. The fraction of sp³-hybridized carbons (Fsp3) is 0.316. The average molecular weight is 388 g/mol. The lowest BCUT2D eigenvalue weighted by Gasteiger charge is -2.31. The van der Waals surface area contributed by atoms with Crippen LogP contribution < -0.4 is 16.8 Å². The molecule has 5 heteroatoms. The zero-order valence-electron chi connectivity index (χ0n) is 13.7. The number of anilines is 1. The predicted octanol–water partition coefficient (Wildman–Crippen LogP) is 3.40. The molecule has 3 rings (SSSR count). The van der Waals surface area contributed by atoms with Crippen molar-refractivity contribution in [2.45, 2.75) is 37.8 Å². The zero-order chi connectivity index (χ0) is 17.3. The van der Waals surface area contributed by atoms with Crippen molar-refractivity contribution in [3.8, 4) is 0 Å². The van der Waals surface area contributed by atoms with Crippen molar-refractivity contribution in [1.29, 1.82) is 0 Å². The molecule has 2 atom stereocenters. The Bertz CT molecular complexity index is 756. The molecule has 0 saturated heterocycles. The highest BCUT2D eigenvalue weighted by Crippen LogP contribution is 2.32. The second kappa shape index (κ2) is 6.57. The minimum absolute atomic E-state index is 0.0137. The third-order valence-electron chi connectivity index (χ3n) is 4.70. The van der Waals surface area contributed by atoms with Crippen LogP contribution >= 0.6 is 15.9 Å². The van der Waals surface area contributed by atoms with Crippen LogP contribution in [0.1, 0.15) is 42.5 Å². The quantitative estimate of drug-likeness (QED) is 0.705. The molecule has 0 bridgehead atoms. The Labute approximate surface area is 150 Å². The van der Waals surface area contributed by atoms with Crippen molar-refractivity contribution in [3.63, 3.8) is 0 Å². The number of halogens is 1.